The lowest BCUT2D eigenvalue weighted by Gasteiger charge is -2.28. The Morgan fingerprint density at radius 1 is 1.21 bits per heavy atom. The summed E-state index contributed by atoms with van der Waals surface area (Å²) in [6.45, 7) is 3.96. The Kier molecular flexibility index (Phi) is 4.39. The Morgan fingerprint density at radius 3 is 2.92 bits per heavy atom. The number of fused-ring (bicyclic) bond motifs is 1. The average molecular weight is 324 g/mol. The van der Waals surface area contributed by atoms with E-state index in [-0.39, 0.29) is 11.8 Å². The largest absolute Gasteiger partial charge is 0.469 e. The Morgan fingerprint density at radius 2 is 2.08 bits per heavy atom. The first-order valence-electron chi connectivity index (χ1n) is 8.91. The summed E-state index contributed by atoms with van der Waals surface area (Å²) in [6, 6.07) is 12.6. The van der Waals surface area contributed by atoms with Crippen molar-refractivity contribution in [2.75, 3.05) is 19.6 Å². The first-order valence-corrected chi connectivity index (χ1v) is 8.91. The standard InChI is InChI=1S/C20H24N2O2/c23-20(18-13-17(18)19-7-3-12-24-19)21-9-4-10-22-11-8-15-5-1-2-6-16(15)14-22/h1-3,5-7,12,17-18H,4,8-11,13-14H2,(H,21,23)/t17-,18+/m0/s1. The second kappa shape index (κ2) is 6.81. The van der Waals surface area contributed by atoms with E-state index in [1.165, 1.54) is 11.1 Å². The van der Waals surface area contributed by atoms with Crippen LogP contribution in [0.1, 0.15) is 35.6 Å². The highest BCUT2D eigenvalue weighted by Crippen LogP contribution is 2.47. The number of furan rings is 1. The first-order chi connectivity index (χ1) is 11.8. The molecule has 126 valence electrons. The molecule has 1 N–H and O–H groups in total. The van der Waals surface area contributed by atoms with Gasteiger partial charge < -0.3 is 9.73 Å². The van der Waals surface area contributed by atoms with Crippen molar-refractivity contribution in [3.05, 3.63) is 59.5 Å². The van der Waals surface area contributed by atoms with Gasteiger partial charge in [-0.2, -0.15) is 0 Å². The molecule has 1 fully saturated rings. The fourth-order valence-electron chi connectivity index (χ4n) is 3.69. The Hall–Kier alpha value is -2.07. The number of carbonyl (C=O) groups is 1. The lowest BCUT2D eigenvalue weighted by atomic mass is 10.00. The number of hydrogen-bond donors (Lipinski definition) is 1. The highest BCUT2D eigenvalue weighted by Gasteiger charge is 2.45. The molecule has 24 heavy (non-hydrogen) atoms. The molecule has 1 aromatic heterocycles. The smallest absolute Gasteiger partial charge is 0.223 e. The summed E-state index contributed by atoms with van der Waals surface area (Å²) in [7, 11) is 0. The van der Waals surface area contributed by atoms with E-state index in [1.807, 2.05) is 12.1 Å². The molecule has 1 saturated carbocycles. The van der Waals surface area contributed by atoms with Gasteiger partial charge in [0.2, 0.25) is 5.91 Å². The third-order valence-corrected chi connectivity index (χ3v) is 5.20. The van der Waals surface area contributed by atoms with Gasteiger partial charge in [0, 0.05) is 38.0 Å². The molecule has 1 amide bonds. The summed E-state index contributed by atoms with van der Waals surface area (Å²) in [5.41, 5.74) is 2.94. The third kappa shape index (κ3) is 3.39. The van der Waals surface area contributed by atoms with Crippen molar-refractivity contribution >= 4 is 5.91 Å². The minimum absolute atomic E-state index is 0.109. The fraction of sp³-hybridized carbons (Fsp3) is 0.450. The van der Waals surface area contributed by atoms with Gasteiger partial charge in [0.25, 0.3) is 0 Å². The van der Waals surface area contributed by atoms with Crippen molar-refractivity contribution in [3.63, 3.8) is 0 Å². The van der Waals surface area contributed by atoms with E-state index in [4.69, 9.17) is 4.42 Å². The Labute approximate surface area is 142 Å². The summed E-state index contributed by atoms with van der Waals surface area (Å²) in [6.07, 6.45) is 4.74. The van der Waals surface area contributed by atoms with Crippen LogP contribution in [0, 0.1) is 5.92 Å². The number of hydrogen-bond acceptors (Lipinski definition) is 3. The predicted octanol–water partition coefficient (Wildman–Crippen LogP) is 2.95. The lowest BCUT2D eigenvalue weighted by molar-refractivity contribution is -0.122. The number of rotatable bonds is 6. The van der Waals surface area contributed by atoms with Crippen LogP contribution in [0.25, 0.3) is 0 Å². The van der Waals surface area contributed by atoms with Crippen molar-refractivity contribution in [1.82, 2.24) is 10.2 Å². The number of nitrogens with one attached hydrogen (secondary N) is 1. The molecule has 0 bridgehead atoms. The molecule has 0 radical (unpaired) electrons. The molecule has 0 spiro atoms. The Balaban J connectivity index is 1.16. The van der Waals surface area contributed by atoms with Crippen LogP contribution in [0.15, 0.2) is 47.1 Å². The topological polar surface area (TPSA) is 45.5 Å². The molecular formula is C20H24N2O2. The van der Waals surface area contributed by atoms with Crippen LogP contribution in [0.4, 0.5) is 0 Å². The van der Waals surface area contributed by atoms with Crippen LogP contribution in [0.5, 0.6) is 0 Å². The molecule has 1 aromatic carbocycles. The van der Waals surface area contributed by atoms with Crippen LogP contribution in [-0.2, 0) is 17.8 Å². The maximum Gasteiger partial charge on any atom is 0.223 e. The molecule has 1 aliphatic heterocycles. The van der Waals surface area contributed by atoms with Gasteiger partial charge in [0.15, 0.2) is 0 Å². The highest BCUT2D eigenvalue weighted by atomic mass is 16.3. The van der Waals surface area contributed by atoms with E-state index in [1.54, 1.807) is 6.26 Å². The third-order valence-electron chi connectivity index (χ3n) is 5.20. The zero-order chi connectivity index (χ0) is 16.4. The normalized spacial score (nSPS) is 22.8. The van der Waals surface area contributed by atoms with Crippen LogP contribution in [-0.4, -0.2) is 30.4 Å². The molecule has 2 aliphatic rings. The van der Waals surface area contributed by atoms with Gasteiger partial charge in [-0.15, -0.1) is 0 Å². The molecule has 4 nitrogen and oxygen atoms in total. The second-order valence-electron chi connectivity index (χ2n) is 6.90. The van der Waals surface area contributed by atoms with E-state index in [2.05, 4.69) is 34.5 Å². The summed E-state index contributed by atoms with van der Waals surface area (Å²) in [5.74, 6) is 1.53. The van der Waals surface area contributed by atoms with Gasteiger partial charge in [-0.1, -0.05) is 24.3 Å². The number of amides is 1. The summed E-state index contributed by atoms with van der Waals surface area (Å²) in [5, 5.41) is 3.09. The monoisotopic (exact) mass is 324 g/mol. The van der Waals surface area contributed by atoms with Crippen LogP contribution in [0.2, 0.25) is 0 Å². The lowest BCUT2D eigenvalue weighted by Crippen LogP contribution is -2.34. The van der Waals surface area contributed by atoms with Crippen molar-refractivity contribution in [2.45, 2.75) is 31.7 Å². The van der Waals surface area contributed by atoms with E-state index in [9.17, 15) is 4.79 Å². The van der Waals surface area contributed by atoms with E-state index >= 15 is 0 Å². The molecule has 2 atom stereocenters. The second-order valence-corrected chi connectivity index (χ2v) is 6.90. The van der Waals surface area contributed by atoms with E-state index in [0.717, 1.165) is 51.2 Å². The molecule has 2 heterocycles. The number of carbonyl (C=O) groups excluding carboxylic acids is 1. The zero-order valence-corrected chi connectivity index (χ0v) is 13.9. The summed E-state index contributed by atoms with van der Waals surface area (Å²) < 4.78 is 5.38. The molecule has 1 aliphatic carbocycles. The van der Waals surface area contributed by atoms with Crippen LogP contribution in [0.3, 0.4) is 0 Å². The Bertz CT molecular complexity index is 695. The van der Waals surface area contributed by atoms with Crippen molar-refractivity contribution in [3.8, 4) is 0 Å². The predicted molar refractivity (Wildman–Crippen MR) is 92.6 cm³/mol. The summed E-state index contributed by atoms with van der Waals surface area (Å²) >= 11 is 0. The van der Waals surface area contributed by atoms with Crippen molar-refractivity contribution in [1.29, 1.82) is 0 Å². The molecular weight excluding hydrogens is 300 g/mol. The zero-order valence-electron chi connectivity index (χ0n) is 13.9. The number of benzene rings is 1. The summed E-state index contributed by atoms with van der Waals surface area (Å²) in [4.78, 5) is 14.6. The SMILES string of the molecule is O=C(NCCCN1CCc2ccccc2C1)[C@@H]1C[C@@H]1c1ccco1. The minimum atomic E-state index is 0.109. The quantitative estimate of drug-likeness (QED) is 0.831. The highest BCUT2D eigenvalue weighted by molar-refractivity contribution is 5.82. The van der Waals surface area contributed by atoms with Gasteiger partial charge in [0.05, 0.1) is 6.26 Å². The van der Waals surface area contributed by atoms with Crippen LogP contribution < -0.4 is 5.32 Å². The molecule has 2 aromatic rings. The van der Waals surface area contributed by atoms with E-state index < -0.39 is 0 Å². The minimum Gasteiger partial charge on any atom is -0.469 e. The van der Waals surface area contributed by atoms with Crippen LogP contribution >= 0.6 is 0 Å². The molecule has 4 rings (SSSR count). The fourth-order valence-corrected chi connectivity index (χ4v) is 3.69. The van der Waals surface area contributed by atoms with Gasteiger partial charge in [-0.05, 0) is 42.5 Å². The molecule has 0 saturated heterocycles. The molecule has 4 heteroatoms. The van der Waals surface area contributed by atoms with Gasteiger partial charge in [-0.3, -0.25) is 9.69 Å². The van der Waals surface area contributed by atoms with Gasteiger partial charge >= 0.3 is 0 Å². The average Bonchev–Trinajstić information content (AvgIpc) is 3.23. The van der Waals surface area contributed by atoms with Crippen molar-refractivity contribution < 1.29 is 9.21 Å². The first kappa shape index (κ1) is 15.5. The van der Waals surface area contributed by atoms with Gasteiger partial charge in [0.1, 0.15) is 5.76 Å². The number of nitrogens with zero attached hydrogens (tertiary/aromatic N) is 1. The van der Waals surface area contributed by atoms with E-state index in [0.29, 0.717) is 5.92 Å². The maximum atomic E-state index is 12.2. The maximum absolute atomic E-state index is 12.2. The van der Waals surface area contributed by atoms with Crippen molar-refractivity contribution in [2.24, 2.45) is 5.92 Å². The molecule has 0 unspecified atom stereocenters. The van der Waals surface area contributed by atoms with Gasteiger partial charge in [-0.25, -0.2) is 0 Å².